The summed E-state index contributed by atoms with van der Waals surface area (Å²) in [6.45, 7) is 1.65. The Labute approximate surface area is 142 Å². The molecule has 7 heteroatoms. The number of nitrogens with zero attached hydrogens (tertiary/aromatic N) is 2. The molecule has 0 unspecified atom stereocenters. The quantitative estimate of drug-likeness (QED) is 0.795. The smallest absolute Gasteiger partial charge is 0.295 e. The van der Waals surface area contributed by atoms with Crippen molar-refractivity contribution in [1.82, 2.24) is 9.36 Å². The summed E-state index contributed by atoms with van der Waals surface area (Å²) in [4.78, 5) is 25.0. The van der Waals surface area contributed by atoms with Crippen molar-refractivity contribution in [2.24, 2.45) is 7.05 Å². The lowest BCUT2D eigenvalue weighted by Gasteiger charge is -2.07. The summed E-state index contributed by atoms with van der Waals surface area (Å²) in [7, 11) is 1.67. The summed E-state index contributed by atoms with van der Waals surface area (Å²) >= 11 is 0. The van der Waals surface area contributed by atoms with Gasteiger partial charge < -0.3 is 5.32 Å². The highest BCUT2D eigenvalue weighted by molar-refractivity contribution is 6.04. The summed E-state index contributed by atoms with van der Waals surface area (Å²) in [5.74, 6) is -2.49. The minimum absolute atomic E-state index is 0.0139. The number of nitrogens with one attached hydrogen (secondary N) is 1. The van der Waals surface area contributed by atoms with Gasteiger partial charge in [-0.1, -0.05) is 18.2 Å². The van der Waals surface area contributed by atoms with Crippen molar-refractivity contribution in [3.05, 3.63) is 81.8 Å². The minimum Gasteiger partial charge on any atom is -0.316 e. The van der Waals surface area contributed by atoms with E-state index in [2.05, 4.69) is 5.32 Å². The number of hydrogen-bond donors (Lipinski definition) is 1. The van der Waals surface area contributed by atoms with Crippen molar-refractivity contribution < 1.29 is 13.6 Å². The van der Waals surface area contributed by atoms with E-state index in [-0.39, 0.29) is 5.69 Å². The lowest BCUT2D eigenvalue weighted by molar-refractivity contribution is 0.102. The van der Waals surface area contributed by atoms with E-state index in [1.165, 1.54) is 4.68 Å². The van der Waals surface area contributed by atoms with Crippen molar-refractivity contribution in [2.75, 3.05) is 5.32 Å². The van der Waals surface area contributed by atoms with Crippen LogP contribution in [0.1, 0.15) is 16.1 Å². The maximum atomic E-state index is 13.8. The monoisotopic (exact) mass is 343 g/mol. The van der Waals surface area contributed by atoms with Crippen molar-refractivity contribution in [3.63, 3.8) is 0 Å². The fourth-order valence-corrected chi connectivity index (χ4v) is 2.56. The Kier molecular flexibility index (Phi) is 4.22. The molecule has 0 saturated heterocycles. The van der Waals surface area contributed by atoms with E-state index >= 15 is 0 Å². The first-order chi connectivity index (χ1) is 11.9. The predicted octanol–water partition coefficient (Wildman–Crippen LogP) is 3.01. The lowest BCUT2D eigenvalue weighted by Crippen LogP contribution is -2.23. The van der Waals surface area contributed by atoms with E-state index in [1.54, 1.807) is 42.9 Å². The normalized spacial score (nSPS) is 10.7. The van der Waals surface area contributed by atoms with Crippen LogP contribution in [-0.2, 0) is 7.05 Å². The molecule has 1 aromatic heterocycles. The largest absolute Gasteiger partial charge is 0.316 e. The third-order valence-electron chi connectivity index (χ3n) is 3.97. The minimum atomic E-state index is -0.886. The lowest BCUT2D eigenvalue weighted by atomic mass is 10.2. The van der Waals surface area contributed by atoms with Gasteiger partial charge in [-0.25, -0.2) is 13.5 Å². The number of benzene rings is 2. The Morgan fingerprint density at radius 1 is 1.08 bits per heavy atom. The molecule has 0 fully saturated rings. The summed E-state index contributed by atoms with van der Waals surface area (Å²) in [5.41, 5.74) is 0.194. The van der Waals surface area contributed by atoms with Gasteiger partial charge in [-0.3, -0.25) is 14.3 Å². The second-order valence-corrected chi connectivity index (χ2v) is 5.51. The summed E-state index contributed by atoms with van der Waals surface area (Å²) < 4.78 is 30.0. The third kappa shape index (κ3) is 2.96. The molecule has 2 aromatic carbocycles. The van der Waals surface area contributed by atoms with Crippen LogP contribution in [0.25, 0.3) is 5.69 Å². The molecule has 0 aliphatic rings. The van der Waals surface area contributed by atoms with Crippen LogP contribution in [-0.4, -0.2) is 15.3 Å². The molecule has 3 rings (SSSR count). The Bertz CT molecular complexity index is 1010. The Morgan fingerprint density at radius 2 is 1.76 bits per heavy atom. The molecule has 1 amide bonds. The van der Waals surface area contributed by atoms with E-state index in [1.807, 2.05) is 6.07 Å². The molecule has 25 heavy (non-hydrogen) atoms. The van der Waals surface area contributed by atoms with Crippen LogP contribution in [0.5, 0.6) is 0 Å². The first kappa shape index (κ1) is 16.6. The molecule has 1 heterocycles. The van der Waals surface area contributed by atoms with Crippen molar-refractivity contribution in [3.8, 4) is 5.69 Å². The molecular formula is C18H15F2N3O2. The van der Waals surface area contributed by atoms with Gasteiger partial charge in [0.25, 0.3) is 11.5 Å². The SMILES string of the molecule is Cc1c(NC(=O)c2cc(F)ccc2F)c(=O)n(-c2ccccc2)n1C. The average Bonchev–Trinajstić information content (AvgIpc) is 2.81. The molecule has 0 radical (unpaired) electrons. The topological polar surface area (TPSA) is 56.0 Å². The van der Waals surface area contributed by atoms with Crippen LogP contribution in [0.2, 0.25) is 0 Å². The van der Waals surface area contributed by atoms with Gasteiger partial charge in [0.05, 0.1) is 16.9 Å². The van der Waals surface area contributed by atoms with Crippen molar-refractivity contribution in [1.29, 1.82) is 0 Å². The van der Waals surface area contributed by atoms with Crippen molar-refractivity contribution in [2.45, 2.75) is 6.92 Å². The van der Waals surface area contributed by atoms with Crippen LogP contribution < -0.4 is 10.9 Å². The highest BCUT2D eigenvalue weighted by atomic mass is 19.1. The zero-order valence-corrected chi connectivity index (χ0v) is 13.6. The van der Waals surface area contributed by atoms with Gasteiger partial charge in [-0.15, -0.1) is 0 Å². The van der Waals surface area contributed by atoms with Gasteiger partial charge in [0, 0.05) is 7.05 Å². The first-order valence-corrected chi connectivity index (χ1v) is 7.50. The second kappa shape index (κ2) is 6.35. The maximum absolute atomic E-state index is 13.8. The average molecular weight is 343 g/mol. The number of anilines is 1. The van der Waals surface area contributed by atoms with E-state index < -0.39 is 28.7 Å². The molecule has 1 N–H and O–H groups in total. The van der Waals surface area contributed by atoms with Gasteiger partial charge in [0.15, 0.2) is 0 Å². The number of para-hydroxylation sites is 1. The summed E-state index contributed by atoms with van der Waals surface area (Å²) in [6.07, 6.45) is 0. The molecule has 0 atom stereocenters. The van der Waals surface area contributed by atoms with Gasteiger partial charge in [0.2, 0.25) is 0 Å². The third-order valence-corrected chi connectivity index (χ3v) is 3.97. The molecule has 128 valence electrons. The number of carbonyl (C=O) groups excluding carboxylic acids is 1. The van der Waals surface area contributed by atoms with E-state index in [0.717, 1.165) is 18.2 Å². The standard InChI is InChI=1S/C18H15F2N3O2/c1-11-16(21-17(24)14-10-12(19)8-9-15(14)20)18(25)23(22(11)2)13-6-4-3-5-7-13/h3-10H,1-2H3,(H,21,24). The zero-order chi connectivity index (χ0) is 18.1. The second-order valence-electron chi connectivity index (χ2n) is 5.51. The molecule has 0 saturated carbocycles. The van der Waals surface area contributed by atoms with E-state index in [0.29, 0.717) is 11.4 Å². The molecular weight excluding hydrogens is 328 g/mol. The summed E-state index contributed by atoms with van der Waals surface area (Å²) in [6, 6.07) is 11.5. The number of amides is 1. The van der Waals surface area contributed by atoms with Gasteiger partial charge >= 0.3 is 0 Å². The number of aromatic nitrogens is 2. The molecule has 0 spiro atoms. The van der Waals surface area contributed by atoms with Crippen molar-refractivity contribution >= 4 is 11.6 Å². The molecule has 3 aromatic rings. The summed E-state index contributed by atoms with van der Waals surface area (Å²) in [5, 5.41) is 2.39. The zero-order valence-electron chi connectivity index (χ0n) is 13.6. The highest BCUT2D eigenvalue weighted by Crippen LogP contribution is 2.16. The molecule has 0 aliphatic carbocycles. The highest BCUT2D eigenvalue weighted by Gasteiger charge is 2.20. The fourth-order valence-electron chi connectivity index (χ4n) is 2.56. The molecule has 0 bridgehead atoms. The Hall–Kier alpha value is -3.22. The van der Waals surface area contributed by atoms with E-state index in [4.69, 9.17) is 0 Å². The Balaban J connectivity index is 2.03. The van der Waals surface area contributed by atoms with Gasteiger partial charge in [-0.05, 0) is 37.3 Å². The van der Waals surface area contributed by atoms with Crippen LogP contribution in [0, 0.1) is 18.6 Å². The molecule has 5 nitrogen and oxygen atoms in total. The number of carbonyl (C=O) groups is 1. The number of hydrogen-bond acceptors (Lipinski definition) is 2. The van der Waals surface area contributed by atoms with Crippen LogP contribution in [0.15, 0.2) is 53.3 Å². The fraction of sp³-hybridized carbons (Fsp3) is 0.111. The van der Waals surface area contributed by atoms with Crippen LogP contribution in [0.4, 0.5) is 14.5 Å². The maximum Gasteiger partial charge on any atom is 0.295 e. The Morgan fingerprint density at radius 3 is 2.44 bits per heavy atom. The van der Waals surface area contributed by atoms with E-state index in [9.17, 15) is 18.4 Å². The van der Waals surface area contributed by atoms with Crippen LogP contribution in [0.3, 0.4) is 0 Å². The van der Waals surface area contributed by atoms with Gasteiger partial charge in [-0.2, -0.15) is 0 Å². The molecule has 0 aliphatic heterocycles. The number of halogens is 2. The van der Waals surface area contributed by atoms with Crippen LogP contribution >= 0.6 is 0 Å². The number of rotatable bonds is 3. The first-order valence-electron chi connectivity index (χ1n) is 7.50. The predicted molar refractivity (Wildman–Crippen MR) is 90.1 cm³/mol. The van der Waals surface area contributed by atoms with Gasteiger partial charge in [0.1, 0.15) is 17.3 Å².